The molecule has 0 radical (unpaired) electrons. The number of aldehydes is 4. The molecular weight excluding hydrogens is 693 g/mol. The highest BCUT2D eigenvalue weighted by Crippen LogP contribution is 1.75. The lowest BCUT2D eigenvalue weighted by Gasteiger charge is -1.90. The number of carbonyl (C=O) groups is 4. The summed E-state index contributed by atoms with van der Waals surface area (Å²) < 4.78 is 0. The van der Waals surface area contributed by atoms with E-state index in [4.69, 9.17) is 22.9 Å². The number of nitrogens with two attached hydrogens (primary N) is 10. The van der Waals surface area contributed by atoms with Crippen molar-refractivity contribution in [2.45, 2.75) is 158 Å². The minimum atomic E-state index is -0.381. The Kier molecular flexibility index (Phi) is 1410. The zero-order valence-corrected chi connectivity index (χ0v) is 20.2. The molecule has 0 saturated carbocycles. The molecule has 336 valence electrons. The molecule has 0 bridgehead atoms. The van der Waals surface area contributed by atoms with Gasteiger partial charge in [0.1, 0.15) is 25.1 Å². The number of carbonyl (C=O) groups excluding carboxylic acids is 4. The van der Waals surface area contributed by atoms with Crippen LogP contribution in [-0.4, -0.2) is 72.3 Å². The SMILES string of the molecule is C.C.C.C.C.C.C.C.C.C.C.C.C.C.C.C.C.C.N[C@H](C=O)CS.N[C@H](C=O)CS.N[C@H](C=O)CS.N[C@H](C=O)CS.[NH2-].[NH2-].[NH2-].[NH2-].[NH2-].[NH2-]. The van der Waals surface area contributed by atoms with Gasteiger partial charge in [0, 0.05) is 23.0 Å². The Hall–Kier alpha value is -0.320. The first-order valence-corrected chi connectivity index (χ1v) is 9.04. The summed E-state index contributed by atoms with van der Waals surface area (Å²) in [6.07, 6.45) is 2.69. The molecule has 0 saturated heterocycles. The van der Waals surface area contributed by atoms with E-state index >= 15 is 0 Å². The summed E-state index contributed by atoms with van der Waals surface area (Å²) in [5.74, 6) is 1.74. The summed E-state index contributed by atoms with van der Waals surface area (Å²) in [5.41, 5.74) is 20.1. The van der Waals surface area contributed by atoms with E-state index in [-0.39, 0.29) is 195 Å². The second-order valence-electron chi connectivity index (χ2n) is 3.93. The van der Waals surface area contributed by atoms with Gasteiger partial charge >= 0.3 is 0 Å². The van der Waals surface area contributed by atoms with Crippen LogP contribution in [-0.2, 0) is 19.2 Å². The van der Waals surface area contributed by atoms with Crippen LogP contribution >= 0.6 is 50.5 Å². The number of thiol groups is 4. The van der Waals surface area contributed by atoms with Crippen LogP contribution in [0.15, 0.2) is 0 Å². The van der Waals surface area contributed by atoms with Crippen molar-refractivity contribution in [3.63, 3.8) is 0 Å². The Bertz CT molecular complexity index is 277. The summed E-state index contributed by atoms with van der Waals surface area (Å²) in [7, 11) is 0. The molecule has 0 fully saturated rings. The molecule has 18 heteroatoms. The van der Waals surface area contributed by atoms with Gasteiger partial charge in [0.2, 0.25) is 0 Å². The van der Waals surface area contributed by atoms with E-state index in [2.05, 4.69) is 50.5 Å². The Morgan fingerprint density at radius 2 is 0.354 bits per heavy atom. The van der Waals surface area contributed by atoms with Crippen LogP contribution in [0.5, 0.6) is 0 Å². The van der Waals surface area contributed by atoms with Crippen molar-refractivity contribution in [3.8, 4) is 0 Å². The third kappa shape index (κ3) is 371. The average Bonchev–Trinajstić information content (AvgIpc) is 2.66. The lowest BCUT2D eigenvalue weighted by Crippen LogP contribution is -2.22. The van der Waals surface area contributed by atoms with Gasteiger partial charge in [-0.3, -0.25) is 0 Å². The highest BCUT2D eigenvalue weighted by Gasteiger charge is 1.91. The Morgan fingerprint density at radius 3 is 0.354 bits per heavy atom. The number of rotatable bonds is 8. The minimum Gasteiger partial charge on any atom is -0.693 e. The highest BCUT2D eigenvalue weighted by atomic mass is 32.1. The van der Waals surface area contributed by atoms with Gasteiger partial charge in [-0.05, 0) is 0 Å². The smallest absolute Gasteiger partial charge is 0.137 e. The van der Waals surface area contributed by atoms with Gasteiger partial charge < -0.3 is 79.0 Å². The molecule has 0 unspecified atom stereocenters. The predicted molar refractivity (Wildman–Crippen MR) is 264 cm³/mol. The van der Waals surface area contributed by atoms with Gasteiger partial charge in [-0.25, -0.2) is 0 Å². The molecular formula is C30H112N10O4S4-6. The molecule has 0 amide bonds. The quantitative estimate of drug-likeness (QED) is 0.0858. The van der Waals surface area contributed by atoms with Gasteiger partial charge in [-0.2, -0.15) is 50.5 Å². The van der Waals surface area contributed by atoms with Crippen molar-refractivity contribution in [1.82, 2.24) is 0 Å². The van der Waals surface area contributed by atoms with Gasteiger partial charge in [0.25, 0.3) is 0 Å². The lowest BCUT2D eigenvalue weighted by atomic mass is 10.4. The van der Waals surface area contributed by atoms with Crippen LogP contribution < -0.4 is 22.9 Å². The molecule has 14 nitrogen and oxygen atoms in total. The zero-order valence-electron chi connectivity index (χ0n) is 16.6. The van der Waals surface area contributed by atoms with Gasteiger partial charge in [-0.1, -0.05) is 134 Å². The molecule has 0 heterocycles. The molecule has 20 N–H and O–H groups in total. The van der Waals surface area contributed by atoms with Crippen LogP contribution in [0.4, 0.5) is 0 Å². The summed E-state index contributed by atoms with van der Waals surface area (Å²) in [5, 5.41) is 0. The molecule has 0 aromatic heterocycles. The molecule has 0 aliphatic carbocycles. The fraction of sp³-hybridized carbons (Fsp3) is 0.867. The maximum absolute atomic E-state index is 9.56. The van der Waals surface area contributed by atoms with Crippen LogP contribution in [0, 0.1) is 0 Å². The van der Waals surface area contributed by atoms with Crippen LogP contribution in [0.1, 0.15) is 134 Å². The Labute approximate surface area is 334 Å². The zero-order chi connectivity index (χ0) is 20.0. The van der Waals surface area contributed by atoms with E-state index in [1.165, 1.54) is 0 Å². The molecule has 0 aromatic rings. The number of hydrogen-bond donors (Lipinski definition) is 8. The third-order valence-corrected chi connectivity index (χ3v) is 3.23. The fourth-order valence-corrected chi connectivity index (χ4v) is 0.516. The molecule has 48 heavy (non-hydrogen) atoms. The van der Waals surface area contributed by atoms with Crippen molar-refractivity contribution in [3.05, 3.63) is 36.9 Å². The largest absolute Gasteiger partial charge is 0.693 e. The average molecular weight is 806 g/mol. The first kappa shape index (κ1) is 268. The van der Waals surface area contributed by atoms with Gasteiger partial charge in [-0.15, -0.1) is 0 Å². The van der Waals surface area contributed by atoms with E-state index in [1.54, 1.807) is 0 Å². The summed E-state index contributed by atoms with van der Waals surface area (Å²) in [6, 6.07) is -1.52. The molecule has 4 atom stereocenters. The van der Waals surface area contributed by atoms with E-state index in [9.17, 15) is 19.2 Å². The van der Waals surface area contributed by atoms with Crippen molar-refractivity contribution < 1.29 is 19.2 Å². The first-order chi connectivity index (χ1) is 11.2. The predicted octanol–water partition coefficient (Wildman–Crippen LogP) is 13.5. The Balaban J connectivity index is -0.00000000366. The van der Waals surface area contributed by atoms with E-state index < -0.39 is 0 Å². The summed E-state index contributed by atoms with van der Waals surface area (Å²) in [6.45, 7) is 0. The van der Waals surface area contributed by atoms with Crippen molar-refractivity contribution in [2.24, 2.45) is 22.9 Å². The first-order valence-electron chi connectivity index (χ1n) is 6.51. The normalized spacial score (nSPS) is 6.83. The molecule has 0 rings (SSSR count). The topological polar surface area (TPSA) is 373 Å². The highest BCUT2D eigenvalue weighted by molar-refractivity contribution is 7.80. The van der Waals surface area contributed by atoms with Crippen molar-refractivity contribution in [1.29, 1.82) is 0 Å². The van der Waals surface area contributed by atoms with Crippen LogP contribution in [0.3, 0.4) is 0 Å². The fourth-order valence-electron chi connectivity index (χ4n) is 0.172. The molecule has 0 aliphatic heterocycles. The second-order valence-corrected chi connectivity index (χ2v) is 5.39. The third-order valence-electron chi connectivity index (χ3n) is 1.54. The van der Waals surface area contributed by atoms with Crippen molar-refractivity contribution >= 4 is 75.7 Å². The van der Waals surface area contributed by atoms with Gasteiger partial charge in [0.15, 0.2) is 0 Å². The standard InChI is InChI=1S/4C3H7NOS.18CH4.6H2N/c4*4-3(1-5)2-6;;;;;;;;;;;;;;;;;;;;;;;;/h4*1,3,6H,2,4H2;18*1H4;6*1H2/q;;;;;;;;;;;;;;;;;;;;;;6*-1/t4*3-;;;;;;;;;;;;;;;;;;;;;;;;/m1111......................../s1. The van der Waals surface area contributed by atoms with Gasteiger partial charge in [0.05, 0.1) is 24.2 Å². The van der Waals surface area contributed by atoms with Crippen LogP contribution in [0.2, 0.25) is 0 Å². The Morgan fingerprint density at radius 1 is 0.292 bits per heavy atom. The summed E-state index contributed by atoms with van der Waals surface area (Å²) in [4.78, 5) is 38.2. The maximum atomic E-state index is 9.56. The molecule has 0 aromatic carbocycles. The maximum Gasteiger partial charge on any atom is 0.137 e. The molecule has 0 aliphatic rings. The lowest BCUT2D eigenvalue weighted by molar-refractivity contribution is -0.109. The molecule has 0 spiro atoms. The van der Waals surface area contributed by atoms with Crippen LogP contribution in [0.25, 0.3) is 36.9 Å². The summed E-state index contributed by atoms with van der Waals surface area (Å²) >= 11 is 15.0. The van der Waals surface area contributed by atoms with Crippen molar-refractivity contribution in [2.75, 3.05) is 23.0 Å². The van der Waals surface area contributed by atoms with E-state index in [0.29, 0.717) is 48.2 Å². The van der Waals surface area contributed by atoms with E-state index in [1.807, 2.05) is 0 Å². The van der Waals surface area contributed by atoms with E-state index in [0.717, 1.165) is 0 Å². The monoisotopic (exact) mass is 805 g/mol. The number of hydrogen-bond acceptors (Lipinski definition) is 12. The minimum absolute atomic E-state index is 0. The second kappa shape index (κ2) is 251.